The van der Waals surface area contributed by atoms with Gasteiger partial charge in [-0.2, -0.15) is 5.10 Å². The predicted octanol–water partition coefficient (Wildman–Crippen LogP) is 4.51. The lowest BCUT2D eigenvalue weighted by Gasteiger charge is -2.32. The molecule has 23 heavy (non-hydrogen) atoms. The number of ether oxygens (including phenoxy) is 1. The molecule has 0 spiro atoms. The first-order valence-electron chi connectivity index (χ1n) is 8.77. The molecule has 2 aliphatic rings. The van der Waals surface area contributed by atoms with Crippen LogP contribution >= 0.6 is 0 Å². The summed E-state index contributed by atoms with van der Waals surface area (Å²) in [5, 5.41) is 4.96. The zero-order chi connectivity index (χ0) is 16.2. The highest BCUT2D eigenvalue weighted by Crippen LogP contribution is 2.50. The van der Waals surface area contributed by atoms with Crippen molar-refractivity contribution >= 4 is 0 Å². The SMILES string of the molecule is CCc1ccc(-c2nn3c(c2C(C)C)O[C@]2(C)CC[C@H]3C2)cn1. The van der Waals surface area contributed by atoms with Crippen LogP contribution in [0.3, 0.4) is 0 Å². The quantitative estimate of drug-likeness (QED) is 0.837. The second-order valence-corrected chi connectivity index (χ2v) is 7.51. The molecule has 1 saturated carbocycles. The van der Waals surface area contributed by atoms with Crippen LogP contribution in [0, 0.1) is 0 Å². The number of aromatic nitrogens is 3. The third-order valence-corrected chi connectivity index (χ3v) is 5.30. The summed E-state index contributed by atoms with van der Waals surface area (Å²) in [6.45, 7) is 8.81. The lowest BCUT2D eigenvalue weighted by atomic mass is 9.98. The van der Waals surface area contributed by atoms with E-state index in [-0.39, 0.29) is 5.60 Å². The van der Waals surface area contributed by atoms with Crippen LogP contribution in [0.1, 0.15) is 70.2 Å². The highest BCUT2D eigenvalue weighted by Gasteiger charge is 2.45. The third kappa shape index (κ3) is 2.27. The van der Waals surface area contributed by atoms with Crippen molar-refractivity contribution < 1.29 is 4.74 Å². The van der Waals surface area contributed by atoms with E-state index in [0.717, 1.165) is 48.5 Å². The second-order valence-electron chi connectivity index (χ2n) is 7.51. The van der Waals surface area contributed by atoms with Crippen molar-refractivity contribution in [3.8, 4) is 17.1 Å². The standard InChI is InChI=1S/C19H25N3O/c1-5-14-7-6-13(11-20-14)17-16(12(2)3)18-22(21-17)15-8-9-19(4,10-15)23-18/h6-7,11-12,15H,5,8-10H2,1-4H3/t15-,19+/m0/s1. The largest absolute Gasteiger partial charge is 0.471 e. The molecule has 0 amide bonds. The maximum atomic E-state index is 6.43. The molecule has 2 bridgehead atoms. The first-order valence-corrected chi connectivity index (χ1v) is 8.77. The molecule has 2 atom stereocenters. The molecule has 1 aliphatic heterocycles. The summed E-state index contributed by atoms with van der Waals surface area (Å²) < 4.78 is 8.58. The number of hydrogen-bond acceptors (Lipinski definition) is 3. The van der Waals surface area contributed by atoms with E-state index in [1.54, 1.807) is 0 Å². The first kappa shape index (κ1) is 14.7. The van der Waals surface area contributed by atoms with Gasteiger partial charge in [0.05, 0.1) is 6.04 Å². The average molecular weight is 311 g/mol. The van der Waals surface area contributed by atoms with Gasteiger partial charge < -0.3 is 4.74 Å². The molecule has 122 valence electrons. The van der Waals surface area contributed by atoms with Gasteiger partial charge >= 0.3 is 0 Å². The molecule has 4 rings (SSSR count). The molecular weight excluding hydrogens is 286 g/mol. The second kappa shape index (κ2) is 5.08. The maximum Gasteiger partial charge on any atom is 0.216 e. The van der Waals surface area contributed by atoms with Gasteiger partial charge in [0, 0.05) is 29.4 Å². The van der Waals surface area contributed by atoms with Crippen LogP contribution in [0.2, 0.25) is 0 Å². The molecule has 2 aromatic rings. The van der Waals surface area contributed by atoms with E-state index in [1.807, 2.05) is 6.20 Å². The third-order valence-electron chi connectivity index (χ3n) is 5.30. The van der Waals surface area contributed by atoms with Gasteiger partial charge in [-0.05, 0) is 44.2 Å². The summed E-state index contributed by atoms with van der Waals surface area (Å²) in [5.41, 5.74) is 4.48. The fourth-order valence-corrected chi connectivity index (χ4v) is 4.00. The van der Waals surface area contributed by atoms with Gasteiger partial charge in [0.15, 0.2) is 0 Å². The molecular formula is C19H25N3O. The predicted molar refractivity (Wildman–Crippen MR) is 90.8 cm³/mol. The van der Waals surface area contributed by atoms with Crippen LogP contribution in [-0.4, -0.2) is 20.4 Å². The van der Waals surface area contributed by atoms with Gasteiger partial charge in [-0.3, -0.25) is 4.98 Å². The van der Waals surface area contributed by atoms with Crippen molar-refractivity contribution in [2.24, 2.45) is 0 Å². The van der Waals surface area contributed by atoms with Crippen molar-refractivity contribution in [3.63, 3.8) is 0 Å². The Hall–Kier alpha value is -1.84. The molecule has 4 heteroatoms. The summed E-state index contributed by atoms with van der Waals surface area (Å²) in [5.74, 6) is 1.37. The molecule has 0 radical (unpaired) electrons. The molecule has 1 fully saturated rings. The Morgan fingerprint density at radius 1 is 1.39 bits per heavy atom. The lowest BCUT2D eigenvalue weighted by molar-refractivity contribution is 0.0558. The minimum Gasteiger partial charge on any atom is -0.471 e. The summed E-state index contributed by atoms with van der Waals surface area (Å²) in [6.07, 6.45) is 6.28. The van der Waals surface area contributed by atoms with E-state index in [2.05, 4.69) is 49.5 Å². The fourth-order valence-electron chi connectivity index (χ4n) is 4.00. The zero-order valence-corrected chi connectivity index (χ0v) is 14.5. The van der Waals surface area contributed by atoms with Crippen molar-refractivity contribution in [1.29, 1.82) is 0 Å². The van der Waals surface area contributed by atoms with Gasteiger partial charge in [-0.1, -0.05) is 20.8 Å². The number of aryl methyl sites for hydroxylation is 1. The monoisotopic (exact) mass is 311 g/mol. The van der Waals surface area contributed by atoms with Gasteiger partial charge in [-0.25, -0.2) is 4.68 Å². The summed E-state index contributed by atoms with van der Waals surface area (Å²) in [7, 11) is 0. The van der Waals surface area contributed by atoms with Gasteiger partial charge in [0.2, 0.25) is 5.88 Å². The van der Waals surface area contributed by atoms with Gasteiger partial charge in [0.25, 0.3) is 0 Å². The Bertz CT molecular complexity index is 732. The number of rotatable bonds is 3. The van der Waals surface area contributed by atoms with Gasteiger partial charge in [0.1, 0.15) is 11.3 Å². The van der Waals surface area contributed by atoms with E-state index in [9.17, 15) is 0 Å². The first-order chi connectivity index (χ1) is 11.0. The number of fused-ring (bicyclic) bond motifs is 4. The van der Waals surface area contributed by atoms with E-state index in [4.69, 9.17) is 9.84 Å². The van der Waals surface area contributed by atoms with Crippen LogP contribution < -0.4 is 4.74 Å². The Morgan fingerprint density at radius 2 is 2.22 bits per heavy atom. The smallest absolute Gasteiger partial charge is 0.216 e. The van der Waals surface area contributed by atoms with E-state index in [0.29, 0.717) is 12.0 Å². The number of pyridine rings is 1. The Labute approximate surface area is 137 Å². The fraction of sp³-hybridized carbons (Fsp3) is 0.579. The van der Waals surface area contributed by atoms with Crippen LogP contribution in [0.5, 0.6) is 5.88 Å². The van der Waals surface area contributed by atoms with Crippen molar-refractivity contribution in [3.05, 3.63) is 29.6 Å². The highest BCUT2D eigenvalue weighted by atomic mass is 16.5. The Balaban J connectivity index is 1.85. The van der Waals surface area contributed by atoms with Crippen molar-refractivity contribution in [2.45, 2.75) is 70.9 Å². The Morgan fingerprint density at radius 3 is 2.87 bits per heavy atom. The van der Waals surface area contributed by atoms with Crippen molar-refractivity contribution in [1.82, 2.24) is 14.8 Å². The van der Waals surface area contributed by atoms with Crippen LogP contribution in [0.25, 0.3) is 11.3 Å². The maximum absolute atomic E-state index is 6.43. The molecule has 2 aromatic heterocycles. The minimum absolute atomic E-state index is 0.00801. The number of nitrogens with zero attached hydrogens (tertiary/aromatic N) is 3. The topological polar surface area (TPSA) is 39.9 Å². The van der Waals surface area contributed by atoms with Gasteiger partial charge in [-0.15, -0.1) is 0 Å². The average Bonchev–Trinajstić information content (AvgIpc) is 3.06. The normalized spacial score (nSPS) is 25.5. The van der Waals surface area contributed by atoms with Crippen LogP contribution in [0.4, 0.5) is 0 Å². The van der Waals surface area contributed by atoms with E-state index >= 15 is 0 Å². The molecule has 0 N–H and O–H groups in total. The summed E-state index contributed by atoms with van der Waals surface area (Å²) in [6, 6.07) is 4.73. The van der Waals surface area contributed by atoms with Crippen LogP contribution in [0.15, 0.2) is 18.3 Å². The molecule has 0 saturated heterocycles. The van der Waals surface area contributed by atoms with Crippen molar-refractivity contribution in [2.75, 3.05) is 0 Å². The highest BCUT2D eigenvalue weighted by molar-refractivity contribution is 5.66. The lowest BCUT2D eigenvalue weighted by Crippen LogP contribution is -2.34. The molecule has 0 unspecified atom stereocenters. The number of hydrogen-bond donors (Lipinski definition) is 0. The van der Waals surface area contributed by atoms with E-state index < -0.39 is 0 Å². The minimum atomic E-state index is -0.00801. The molecule has 1 aliphatic carbocycles. The molecule has 0 aromatic carbocycles. The molecule has 3 heterocycles. The summed E-state index contributed by atoms with van der Waals surface area (Å²) in [4.78, 5) is 4.55. The Kier molecular flexibility index (Phi) is 3.26. The zero-order valence-electron chi connectivity index (χ0n) is 14.5. The van der Waals surface area contributed by atoms with Crippen LogP contribution in [-0.2, 0) is 6.42 Å². The summed E-state index contributed by atoms with van der Waals surface area (Å²) >= 11 is 0. The molecule has 4 nitrogen and oxygen atoms in total. The van der Waals surface area contributed by atoms with E-state index in [1.165, 1.54) is 5.56 Å².